The van der Waals surface area contributed by atoms with E-state index >= 15 is 0 Å². The van der Waals surface area contributed by atoms with Gasteiger partial charge in [-0.05, 0) is 45.2 Å². The van der Waals surface area contributed by atoms with Gasteiger partial charge in [-0.2, -0.15) is 4.98 Å². The monoisotopic (exact) mass is 281 g/mol. The lowest BCUT2D eigenvalue weighted by Crippen LogP contribution is -2.37. The second-order valence-electron chi connectivity index (χ2n) is 5.71. The van der Waals surface area contributed by atoms with Crippen LogP contribution in [0.15, 0.2) is 0 Å². The second-order valence-corrected chi connectivity index (χ2v) is 5.71. The Morgan fingerprint density at radius 2 is 2.20 bits per heavy atom. The van der Waals surface area contributed by atoms with E-state index in [0.717, 1.165) is 56.7 Å². The smallest absolute Gasteiger partial charge is 0.244 e. The maximum absolute atomic E-state index is 9.29. The summed E-state index contributed by atoms with van der Waals surface area (Å²) < 4.78 is 0. The molecule has 0 bridgehead atoms. The Bertz CT molecular complexity index is 385. The first kappa shape index (κ1) is 15.3. The topological polar surface area (TPSA) is 77.1 Å². The van der Waals surface area contributed by atoms with Crippen molar-refractivity contribution in [1.82, 2.24) is 20.5 Å². The number of nitrogens with zero attached hydrogens (tertiary/aromatic N) is 3. The molecule has 1 aliphatic heterocycles. The average Bonchev–Trinajstić information content (AvgIpc) is 2.92. The van der Waals surface area contributed by atoms with Gasteiger partial charge >= 0.3 is 0 Å². The molecule has 1 unspecified atom stereocenters. The summed E-state index contributed by atoms with van der Waals surface area (Å²) in [5.41, 5.74) is 0. The average molecular weight is 281 g/mol. The predicted molar refractivity (Wildman–Crippen MR) is 79.9 cm³/mol. The fraction of sp³-hybridized carbons (Fsp3) is 0.857. The van der Waals surface area contributed by atoms with Gasteiger partial charge in [0, 0.05) is 19.5 Å². The predicted octanol–water partition coefficient (Wildman–Crippen LogP) is 0.944. The first-order chi connectivity index (χ1) is 9.69. The molecule has 3 N–H and O–H groups in total. The van der Waals surface area contributed by atoms with Crippen molar-refractivity contribution >= 4 is 5.95 Å². The van der Waals surface area contributed by atoms with Gasteiger partial charge in [0.25, 0.3) is 0 Å². The van der Waals surface area contributed by atoms with Crippen LogP contribution in [0.3, 0.4) is 0 Å². The van der Waals surface area contributed by atoms with E-state index in [0.29, 0.717) is 0 Å². The van der Waals surface area contributed by atoms with Crippen LogP contribution in [0.2, 0.25) is 0 Å². The molecule has 1 aliphatic rings. The number of hydrogen-bond donors (Lipinski definition) is 3. The molecule has 1 atom stereocenters. The minimum atomic E-state index is -0.287. The van der Waals surface area contributed by atoms with E-state index in [1.807, 2.05) is 0 Å². The molecule has 0 spiro atoms. The molecule has 6 heteroatoms. The number of rotatable bonds is 7. The third kappa shape index (κ3) is 4.45. The molecule has 0 radical (unpaired) electrons. The number of aliphatic hydroxyl groups is 1. The van der Waals surface area contributed by atoms with Gasteiger partial charge in [0.2, 0.25) is 5.95 Å². The highest BCUT2D eigenvalue weighted by atomic mass is 16.3. The number of aliphatic hydroxyl groups excluding tert-OH is 1. The van der Waals surface area contributed by atoms with Gasteiger partial charge in [0.05, 0.1) is 6.10 Å². The summed E-state index contributed by atoms with van der Waals surface area (Å²) in [6.45, 7) is 8.18. The summed E-state index contributed by atoms with van der Waals surface area (Å²) in [6, 6.07) is 0. The normalized spacial score (nSPS) is 18.4. The van der Waals surface area contributed by atoms with Crippen LogP contribution in [0.5, 0.6) is 0 Å². The number of piperidine rings is 1. The standard InChI is InChI=1S/C14H27N5O/c1-3-15-10-12-6-8-19(9-7-12)14-16-13(17-18-14)5-4-11(2)20/h11-12,15,20H,3-10H2,1-2H3,(H,16,17,18). The molecule has 1 aromatic heterocycles. The maximum Gasteiger partial charge on any atom is 0.244 e. The van der Waals surface area contributed by atoms with Crippen LogP contribution in [-0.4, -0.2) is 52.6 Å². The third-order valence-corrected chi connectivity index (χ3v) is 3.90. The molecular weight excluding hydrogens is 254 g/mol. The Labute approximate surface area is 121 Å². The molecule has 0 aromatic carbocycles. The highest BCUT2D eigenvalue weighted by Gasteiger charge is 2.21. The second kappa shape index (κ2) is 7.59. The lowest BCUT2D eigenvalue weighted by atomic mass is 9.97. The first-order valence-corrected chi connectivity index (χ1v) is 7.74. The molecular formula is C14H27N5O. The zero-order valence-corrected chi connectivity index (χ0v) is 12.6. The lowest BCUT2D eigenvalue weighted by Gasteiger charge is -2.31. The van der Waals surface area contributed by atoms with E-state index < -0.39 is 0 Å². The van der Waals surface area contributed by atoms with E-state index in [1.165, 1.54) is 12.8 Å². The zero-order valence-electron chi connectivity index (χ0n) is 12.6. The lowest BCUT2D eigenvalue weighted by molar-refractivity contribution is 0.184. The van der Waals surface area contributed by atoms with Crippen molar-refractivity contribution in [2.75, 3.05) is 31.1 Å². The van der Waals surface area contributed by atoms with Crippen LogP contribution in [-0.2, 0) is 6.42 Å². The van der Waals surface area contributed by atoms with Crippen molar-refractivity contribution in [2.45, 2.75) is 45.6 Å². The van der Waals surface area contributed by atoms with Gasteiger partial charge in [0.1, 0.15) is 5.82 Å². The summed E-state index contributed by atoms with van der Waals surface area (Å²) in [7, 11) is 0. The summed E-state index contributed by atoms with van der Waals surface area (Å²) >= 11 is 0. The molecule has 2 rings (SSSR count). The largest absolute Gasteiger partial charge is 0.393 e. The van der Waals surface area contributed by atoms with Gasteiger partial charge in [-0.3, -0.25) is 5.10 Å². The molecule has 20 heavy (non-hydrogen) atoms. The summed E-state index contributed by atoms with van der Waals surface area (Å²) in [6.07, 6.45) is 3.58. The number of aryl methyl sites for hydroxylation is 1. The SMILES string of the molecule is CCNCC1CCN(c2n[nH]c(CCC(C)O)n2)CC1. The molecule has 1 saturated heterocycles. The van der Waals surface area contributed by atoms with E-state index in [9.17, 15) is 5.11 Å². The van der Waals surface area contributed by atoms with Crippen LogP contribution < -0.4 is 10.2 Å². The van der Waals surface area contributed by atoms with Crippen molar-refractivity contribution in [3.05, 3.63) is 5.82 Å². The van der Waals surface area contributed by atoms with Crippen LogP contribution >= 0.6 is 0 Å². The van der Waals surface area contributed by atoms with Gasteiger partial charge < -0.3 is 15.3 Å². The Hall–Kier alpha value is -1.14. The van der Waals surface area contributed by atoms with Gasteiger partial charge in [-0.1, -0.05) is 6.92 Å². The van der Waals surface area contributed by atoms with Gasteiger partial charge in [0.15, 0.2) is 0 Å². The van der Waals surface area contributed by atoms with E-state index in [2.05, 4.69) is 32.3 Å². The molecule has 0 saturated carbocycles. The fourth-order valence-electron chi connectivity index (χ4n) is 2.57. The molecule has 1 fully saturated rings. The van der Waals surface area contributed by atoms with E-state index in [1.54, 1.807) is 6.92 Å². The third-order valence-electron chi connectivity index (χ3n) is 3.90. The van der Waals surface area contributed by atoms with Crippen LogP contribution in [0.1, 0.15) is 38.9 Å². The van der Waals surface area contributed by atoms with Crippen molar-refractivity contribution < 1.29 is 5.11 Å². The summed E-state index contributed by atoms with van der Waals surface area (Å²) in [4.78, 5) is 6.78. The van der Waals surface area contributed by atoms with Crippen LogP contribution in [0.4, 0.5) is 5.95 Å². The van der Waals surface area contributed by atoms with Crippen LogP contribution in [0, 0.1) is 5.92 Å². The van der Waals surface area contributed by atoms with Gasteiger partial charge in [-0.15, -0.1) is 5.10 Å². The Morgan fingerprint density at radius 3 is 2.85 bits per heavy atom. The Morgan fingerprint density at radius 1 is 1.45 bits per heavy atom. The summed E-state index contributed by atoms with van der Waals surface area (Å²) in [5.74, 6) is 2.46. The van der Waals surface area contributed by atoms with Crippen molar-refractivity contribution in [3.8, 4) is 0 Å². The molecule has 114 valence electrons. The number of H-pyrrole nitrogens is 1. The minimum absolute atomic E-state index is 0.287. The highest BCUT2D eigenvalue weighted by Crippen LogP contribution is 2.20. The van der Waals surface area contributed by atoms with Crippen molar-refractivity contribution in [2.24, 2.45) is 5.92 Å². The van der Waals surface area contributed by atoms with E-state index in [-0.39, 0.29) is 6.10 Å². The van der Waals surface area contributed by atoms with Crippen molar-refractivity contribution in [3.63, 3.8) is 0 Å². The summed E-state index contributed by atoms with van der Waals surface area (Å²) in [5, 5.41) is 20.0. The zero-order chi connectivity index (χ0) is 14.4. The highest BCUT2D eigenvalue weighted by molar-refractivity contribution is 5.29. The van der Waals surface area contributed by atoms with Crippen LogP contribution in [0.25, 0.3) is 0 Å². The molecule has 0 aliphatic carbocycles. The quantitative estimate of drug-likeness (QED) is 0.693. The maximum atomic E-state index is 9.29. The minimum Gasteiger partial charge on any atom is -0.393 e. The first-order valence-electron chi connectivity index (χ1n) is 7.74. The number of aromatic amines is 1. The Kier molecular flexibility index (Phi) is 5.79. The van der Waals surface area contributed by atoms with Gasteiger partial charge in [-0.25, -0.2) is 0 Å². The van der Waals surface area contributed by atoms with E-state index in [4.69, 9.17) is 0 Å². The molecule has 0 amide bonds. The molecule has 1 aromatic rings. The molecule has 6 nitrogen and oxygen atoms in total. The number of aromatic nitrogens is 3. The number of hydrogen-bond acceptors (Lipinski definition) is 5. The fourth-order valence-corrected chi connectivity index (χ4v) is 2.57. The number of nitrogens with one attached hydrogen (secondary N) is 2. The van der Waals surface area contributed by atoms with Crippen molar-refractivity contribution in [1.29, 1.82) is 0 Å². The number of anilines is 1. The Balaban J connectivity index is 1.78. The molecule has 2 heterocycles.